The SMILES string of the molecule is Cl.NC(N)=NC(N)=Nc1ccc(Cc2ccc(N=C(N)N=C(N)N)cc2)cc1. The number of rotatable bonds is 4. The Hall–Kier alpha value is -3.79. The monoisotopic (exact) mass is 402 g/mol. The first-order chi connectivity index (χ1) is 12.8. The van der Waals surface area contributed by atoms with Crippen LogP contribution >= 0.6 is 12.4 Å². The third kappa shape index (κ3) is 7.62. The number of hydrogen-bond donors (Lipinski definition) is 6. The fourth-order valence-electron chi connectivity index (χ4n) is 2.19. The summed E-state index contributed by atoms with van der Waals surface area (Å²) in [7, 11) is 0. The maximum Gasteiger partial charge on any atom is 0.223 e. The summed E-state index contributed by atoms with van der Waals surface area (Å²) < 4.78 is 0. The summed E-state index contributed by atoms with van der Waals surface area (Å²) in [5.74, 6) is -0.279. The van der Waals surface area contributed by atoms with Crippen molar-refractivity contribution in [3.8, 4) is 0 Å². The average Bonchev–Trinajstić information content (AvgIpc) is 2.57. The molecular formula is C17H23ClN10. The molecule has 0 unspecified atom stereocenters. The molecule has 148 valence electrons. The van der Waals surface area contributed by atoms with E-state index in [0.717, 1.165) is 17.5 Å². The summed E-state index contributed by atoms with van der Waals surface area (Å²) >= 11 is 0. The van der Waals surface area contributed by atoms with E-state index in [1.807, 2.05) is 48.5 Å². The van der Waals surface area contributed by atoms with Gasteiger partial charge in [-0.05, 0) is 41.8 Å². The molecule has 0 aliphatic rings. The summed E-state index contributed by atoms with van der Waals surface area (Å²) in [4.78, 5) is 15.5. The van der Waals surface area contributed by atoms with Crippen LogP contribution in [0.1, 0.15) is 11.1 Å². The number of halogens is 1. The van der Waals surface area contributed by atoms with Crippen LogP contribution in [-0.2, 0) is 6.42 Å². The first kappa shape index (κ1) is 22.3. The van der Waals surface area contributed by atoms with Crippen LogP contribution in [0.3, 0.4) is 0 Å². The number of hydrogen-bond acceptors (Lipinski definition) is 2. The van der Waals surface area contributed by atoms with Crippen LogP contribution in [0, 0.1) is 0 Å². The van der Waals surface area contributed by atoms with Gasteiger partial charge in [-0.3, -0.25) is 0 Å². The van der Waals surface area contributed by atoms with E-state index in [0.29, 0.717) is 11.4 Å². The molecule has 0 saturated heterocycles. The molecule has 0 spiro atoms. The molecule has 2 aromatic carbocycles. The van der Waals surface area contributed by atoms with Gasteiger partial charge in [-0.25, -0.2) is 9.98 Å². The van der Waals surface area contributed by atoms with Crippen molar-refractivity contribution < 1.29 is 0 Å². The predicted octanol–water partition coefficient (Wildman–Crippen LogP) is 0.138. The van der Waals surface area contributed by atoms with Gasteiger partial charge in [0, 0.05) is 0 Å². The molecular weight excluding hydrogens is 380 g/mol. The van der Waals surface area contributed by atoms with Gasteiger partial charge in [0.1, 0.15) is 0 Å². The number of aliphatic imine (C=N–C) groups is 4. The topological polar surface area (TPSA) is 206 Å². The predicted molar refractivity (Wildman–Crippen MR) is 117 cm³/mol. The van der Waals surface area contributed by atoms with Gasteiger partial charge in [0.15, 0.2) is 11.9 Å². The fourth-order valence-corrected chi connectivity index (χ4v) is 2.19. The lowest BCUT2D eigenvalue weighted by Gasteiger charge is -2.04. The van der Waals surface area contributed by atoms with Crippen LogP contribution in [-0.4, -0.2) is 23.8 Å². The number of guanidine groups is 4. The number of benzene rings is 2. The van der Waals surface area contributed by atoms with E-state index < -0.39 is 0 Å². The normalized spacial score (nSPS) is 11.3. The minimum Gasteiger partial charge on any atom is -0.370 e. The largest absolute Gasteiger partial charge is 0.370 e. The third-order valence-electron chi connectivity index (χ3n) is 3.26. The second kappa shape index (κ2) is 10.4. The Morgan fingerprint density at radius 1 is 0.571 bits per heavy atom. The van der Waals surface area contributed by atoms with Gasteiger partial charge >= 0.3 is 0 Å². The molecule has 2 rings (SSSR count). The molecule has 10 nitrogen and oxygen atoms in total. The molecule has 0 saturated carbocycles. The van der Waals surface area contributed by atoms with Gasteiger partial charge < -0.3 is 34.4 Å². The Bertz CT molecular complexity index is 815. The van der Waals surface area contributed by atoms with E-state index in [-0.39, 0.29) is 36.2 Å². The van der Waals surface area contributed by atoms with Gasteiger partial charge in [0.25, 0.3) is 0 Å². The maximum atomic E-state index is 5.60. The van der Waals surface area contributed by atoms with Crippen LogP contribution < -0.4 is 34.4 Å². The first-order valence-electron chi connectivity index (χ1n) is 7.87. The zero-order valence-electron chi connectivity index (χ0n) is 15.0. The van der Waals surface area contributed by atoms with E-state index in [2.05, 4.69) is 20.0 Å². The molecule has 11 heteroatoms. The molecule has 0 amide bonds. The van der Waals surface area contributed by atoms with Crippen molar-refractivity contribution in [1.82, 2.24) is 0 Å². The fraction of sp³-hybridized carbons (Fsp3) is 0.0588. The maximum absolute atomic E-state index is 5.60. The molecule has 0 aliphatic heterocycles. The van der Waals surface area contributed by atoms with Gasteiger partial charge in [-0.2, -0.15) is 9.98 Å². The van der Waals surface area contributed by atoms with E-state index in [4.69, 9.17) is 34.4 Å². The van der Waals surface area contributed by atoms with Crippen LogP contribution in [0.25, 0.3) is 0 Å². The highest BCUT2D eigenvalue weighted by molar-refractivity contribution is 5.94. The van der Waals surface area contributed by atoms with Gasteiger partial charge in [0.05, 0.1) is 11.4 Å². The summed E-state index contributed by atoms with van der Waals surface area (Å²) in [6.07, 6.45) is 0.737. The molecule has 0 aromatic heterocycles. The smallest absolute Gasteiger partial charge is 0.223 e. The van der Waals surface area contributed by atoms with E-state index >= 15 is 0 Å². The van der Waals surface area contributed by atoms with Gasteiger partial charge in [-0.15, -0.1) is 12.4 Å². The Balaban J connectivity index is 0.00000392. The van der Waals surface area contributed by atoms with Crippen LogP contribution in [0.4, 0.5) is 11.4 Å². The van der Waals surface area contributed by atoms with E-state index in [1.165, 1.54) is 0 Å². The Morgan fingerprint density at radius 3 is 1.18 bits per heavy atom. The Labute approximate surface area is 168 Å². The molecule has 2 aromatic rings. The molecule has 28 heavy (non-hydrogen) atoms. The van der Waals surface area contributed by atoms with Gasteiger partial charge in [0.2, 0.25) is 11.9 Å². The molecule has 12 N–H and O–H groups in total. The second-order valence-corrected chi connectivity index (χ2v) is 5.52. The van der Waals surface area contributed by atoms with Crippen molar-refractivity contribution in [2.45, 2.75) is 6.42 Å². The van der Waals surface area contributed by atoms with Crippen LogP contribution in [0.2, 0.25) is 0 Å². The minimum atomic E-state index is -0.138. The van der Waals surface area contributed by atoms with Gasteiger partial charge in [-0.1, -0.05) is 24.3 Å². The summed E-state index contributed by atoms with van der Waals surface area (Å²) in [6.45, 7) is 0. The Kier molecular flexibility index (Phi) is 8.25. The molecule has 0 fully saturated rings. The summed E-state index contributed by atoms with van der Waals surface area (Å²) in [5, 5.41) is 0. The van der Waals surface area contributed by atoms with Crippen molar-refractivity contribution in [1.29, 1.82) is 0 Å². The third-order valence-corrected chi connectivity index (χ3v) is 3.26. The lowest BCUT2D eigenvalue weighted by molar-refractivity contribution is 1.19. The van der Waals surface area contributed by atoms with Crippen LogP contribution in [0.15, 0.2) is 68.5 Å². The summed E-state index contributed by atoms with van der Waals surface area (Å²) in [6, 6.07) is 15.1. The average molecular weight is 403 g/mol. The summed E-state index contributed by atoms with van der Waals surface area (Å²) in [5.41, 5.74) is 35.7. The lowest BCUT2D eigenvalue weighted by Crippen LogP contribution is -2.26. The minimum absolute atomic E-state index is 0. The highest BCUT2D eigenvalue weighted by Gasteiger charge is 1.99. The Morgan fingerprint density at radius 2 is 0.893 bits per heavy atom. The first-order valence-corrected chi connectivity index (χ1v) is 7.87. The zero-order valence-corrected chi connectivity index (χ0v) is 15.8. The zero-order chi connectivity index (χ0) is 19.8. The van der Waals surface area contributed by atoms with Crippen molar-refractivity contribution in [2.75, 3.05) is 0 Å². The molecule has 0 atom stereocenters. The molecule has 0 radical (unpaired) electrons. The molecule has 0 bridgehead atoms. The van der Waals surface area contributed by atoms with Crippen molar-refractivity contribution >= 4 is 47.6 Å². The highest BCUT2D eigenvalue weighted by atomic mass is 35.5. The molecule has 0 heterocycles. The second-order valence-electron chi connectivity index (χ2n) is 5.52. The van der Waals surface area contributed by atoms with Crippen molar-refractivity contribution in [3.63, 3.8) is 0 Å². The number of nitrogens with zero attached hydrogens (tertiary/aromatic N) is 4. The van der Waals surface area contributed by atoms with E-state index in [1.54, 1.807) is 0 Å². The molecule has 0 aliphatic carbocycles. The van der Waals surface area contributed by atoms with Crippen molar-refractivity contribution in [2.24, 2.45) is 54.4 Å². The standard InChI is InChI=1S/C17H22N10.ClH/c18-14(19)26-16(22)24-12-5-1-10(2-6-12)9-11-3-7-13(8-4-11)25-17(23)27-15(20)21;/h1-8H,9H2,(H6,18,19,22,24,26)(H6,20,21,23,25,27);1H. The van der Waals surface area contributed by atoms with E-state index in [9.17, 15) is 0 Å². The van der Waals surface area contributed by atoms with Crippen molar-refractivity contribution in [3.05, 3.63) is 59.7 Å². The van der Waals surface area contributed by atoms with Crippen LogP contribution in [0.5, 0.6) is 0 Å². The quantitative estimate of drug-likeness (QED) is 0.309. The highest BCUT2D eigenvalue weighted by Crippen LogP contribution is 2.18. The number of nitrogens with two attached hydrogens (primary N) is 6. The lowest BCUT2D eigenvalue weighted by atomic mass is 10.0.